The topological polar surface area (TPSA) is 54.5 Å². The highest BCUT2D eigenvalue weighted by molar-refractivity contribution is 6.05. The summed E-state index contributed by atoms with van der Waals surface area (Å²) >= 11 is 0. The zero-order valence-electron chi connectivity index (χ0n) is 13.7. The lowest BCUT2D eigenvalue weighted by Gasteiger charge is -2.21. The highest BCUT2D eigenvalue weighted by atomic mass is 19.1. The van der Waals surface area contributed by atoms with Crippen LogP contribution in [0.1, 0.15) is 0 Å². The molecule has 0 spiro atoms. The van der Waals surface area contributed by atoms with Gasteiger partial charge in [0.2, 0.25) is 11.8 Å². The van der Waals surface area contributed by atoms with Gasteiger partial charge in [-0.3, -0.25) is 9.47 Å². The zero-order chi connectivity index (χ0) is 16.9. The molecule has 0 saturated carbocycles. The summed E-state index contributed by atoms with van der Waals surface area (Å²) in [6.45, 7) is 0. The van der Waals surface area contributed by atoms with Crippen molar-refractivity contribution in [2.24, 2.45) is 0 Å². The number of halogens is 1. The van der Waals surface area contributed by atoms with Crippen LogP contribution in [-0.4, -0.2) is 41.1 Å². The maximum atomic E-state index is 14.5. The summed E-state index contributed by atoms with van der Waals surface area (Å²) in [5.74, 6) is 0.152. The first-order valence-electron chi connectivity index (χ1n) is 7.65. The number of rotatable bonds is 2. The maximum absolute atomic E-state index is 14.5. The van der Waals surface area contributed by atoms with Gasteiger partial charge >= 0.3 is 0 Å². The fourth-order valence-electron chi connectivity index (χ4n) is 2.76. The van der Waals surface area contributed by atoms with Crippen molar-refractivity contribution in [2.45, 2.75) is 0 Å². The van der Waals surface area contributed by atoms with Gasteiger partial charge in [-0.25, -0.2) is 4.98 Å². The quantitative estimate of drug-likeness (QED) is 0.454. The highest BCUT2D eigenvalue weighted by Crippen LogP contribution is 2.28. The lowest BCUT2D eigenvalue weighted by molar-refractivity contribution is 0.460. The standard InChI is InChI=1S/C18H17FN5/c1-24(2,3)16-7-5-12(17(19)23-16)14-6-4-11-13-10-20-9-8-15(13)22-18(11)21-14/h4-10H,1-3H3,(H,21,22)/q+1/i19+0. The van der Waals surface area contributed by atoms with Crippen molar-refractivity contribution in [1.82, 2.24) is 24.4 Å². The number of H-pyrrole nitrogens is 1. The molecule has 0 aliphatic rings. The largest absolute Gasteiger partial charge is 0.339 e. The second-order valence-electron chi connectivity index (χ2n) is 6.66. The Morgan fingerprint density at radius 3 is 2.54 bits per heavy atom. The fourth-order valence-corrected chi connectivity index (χ4v) is 2.76. The van der Waals surface area contributed by atoms with Crippen LogP contribution in [0.3, 0.4) is 0 Å². The lowest BCUT2D eigenvalue weighted by Crippen LogP contribution is -2.35. The normalized spacial score (nSPS) is 12.2. The molecule has 0 saturated heterocycles. The summed E-state index contributed by atoms with van der Waals surface area (Å²) in [5.41, 5.74) is 2.63. The molecule has 4 aromatic rings. The van der Waals surface area contributed by atoms with E-state index in [1.165, 1.54) is 0 Å². The summed E-state index contributed by atoms with van der Waals surface area (Å²) in [6, 6.07) is 9.22. The maximum Gasteiger partial charge on any atom is 0.229 e. The van der Waals surface area contributed by atoms with Gasteiger partial charge in [-0.05, 0) is 24.3 Å². The summed E-state index contributed by atoms with van der Waals surface area (Å²) in [5, 5.41) is 1.98. The number of hydrogen-bond acceptors (Lipinski definition) is 3. The van der Waals surface area contributed by atoms with Crippen molar-refractivity contribution >= 4 is 27.8 Å². The summed E-state index contributed by atoms with van der Waals surface area (Å²) < 4.78 is 14.9. The molecule has 120 valence electrons. The molecule has 0 radical (unpaired) electrons. The number of aromatic amines is 1. The lowest BCUT2D eigenvalue weighted by atomic mass is 10.1. The van der Waals surface area contributed by atoms with Gasteiger partial charge in [0.15, 0.2) is 0 Å². The van der Waals surface area contributed by atoms with Crippen LogP contribution in [-0.2, 0) is 0 Å². The number of pyridine rings is 3. The molecule has 0 fully saturated rings. The zero-order valence-corrected chi connectivity index (χ0v) is 13.7. The Labute approximate surface area is 138 Å². The van der Waals surface area contributed by atoms with Crippen LogP contribution in [0.2, 0.25) is 0 Å². The number of nitrogens with zero attached hydrogens (tertiary/aromatic N) is 4. The van der Waals surface area contributed by atoms with Crippen LogP contribution in [0.15, 0.2) is 42.7 Å². The third-order valence-corrected chi connectivity index (χ3v) is 4.06. The SMILES string of the molecule is C[N+](C)(C)c1ccc(-c2ccc3c(n2)[nH]c2ccncc23)c([19F])n1. The Bertz CT molecular complexity index is 1060. The van der Waals surface area contributed by atoms with Gasteiger partial charge in [-0.1, -0.05) is 0 Å². The Kier molecular flexibility index (Phi) is 3.11. The van der Waals surface area contributed by atoms with Gasteiger partial charge in [0, 0.05) is 29.2 Å². The minimum atomic E-state index is -0.509. The van der Waals surface area contributed by atoms with E-state index in [1.807, 2.05) is 45.4 Å². The number of hydrogen-bond donors (Lipinski definition) is 1. The number of aromatic nitrogens is 4. The van der Waals surface area contributed by atoms with Gasteiger partial charge < -0.3 is 4.98 Å². The van der Waals surface area contributed by atoms with Gasteiger partial charge in [0.05, 0.1) is 37.9 Å². The van der Waals surface area contributed by atoms with Crippen molar-refractivity contribution in [1.29, 1.82) is 0 Å². The molecule has 0 unspecified atom stereocenters. The predicted molar refractivity (Wildman–Crippen MR) is 94.1 cm³/mol. The smallest absolute Gasteiger partial charge is 0.229 e. The van der Waals surface area contributed by atoms with Crippen molar-refractivity contribution in [2.75, 3.05) is 21.1 Å². The first-order chi connectivity index (χ1) is 11.4. The van der Waals surface area contributed by atoms with E-state index in [9.17, 15) is 4.39 Å². The molecule has 0 amide bonds. The first-order valence-corrected chi connectivity index (χ1v) is 7.65. The minimum absolute atomic E-state index is 0.394. The third-order valence-electron chi connectivity index (χ3n) is 4.06. The molecular weight excluding hydrogens is 305 g/mol. The van der Waals surface area contributed by atoms with E-state index in [4.69, 9.17) is 0 Å². The van der Waals surface area contributed by atoms with E-state index < -0.39 is 5.95 Å². The third kappa shape index (κ3) is 2.32. The van der Waals surface area contributed by atoms with Crippen LogP contribution >= 0.6 is 0 Å². The van der Waals surface area contributed by atoms with Crippen LogP contribution in [0.25, 0.3) is 33.2 Å². The molecule has 0 bridgehead atoms. The molecule has 4 aromatic heterocycles. The molecule has 0 aromatic carbocycles. The summed E-state index contributed by atoms with van der Waals surface area (Å²) in [6.07, 6.45) is 3.53. The Morgan fingerprint density at radius 2 is 1.79 bits per heavy atom. The van der Waals surface area contributed by atoms with Crippen molar-refractivity contribution in [3.05, 3.63) is 48.7 Å². The van der Waals surface area contributed by atoms with Crippen molar-refractivity contribution < 1.29 is 4.39 Å². The Balaban J connectivity index is 1.86. The minimum Gasteiger partial charge on any atom is -0.339 e. The summed E-state index contributed by atoms with van der Waals surface area (Å²) in [7, 11) is 5.85. The Morgan fingerprint density at radius 1 is 0.958 bits per heavy atom. The molecule has 0 atom stereocenters. The first kappa shape index (κ1) is 14.7. The summed E-state index contributed by atoms with van der Waals surface area (Å²) in [4.78, 5) is 16.0. The van der Waals surface area contributed by atoms with E-state index >= 15 is 0 Å². The average Bonchev–Trinajstić information content (AvgIpc) is 2.91. The number of fused-ring (bicyclic) bond motifs is 3. The molecule has 4 heterocycles. The molecular formula is C18H17FN5+. The number of nitrogens with one attached hydrogen (secondary N) is 1. The molecule has 6 heteroatoms. The highest BCUT2D eigenvalue weighted by Gasteiger charge is 2.18. The van der Waals surface area contributed by atoms with E-state index in [0.717, 1.165) is 16.3 Å². The van der Waals surface area contributed by atoms with Gasteiger partial charge in [-0.15, -0.1) is 0 Å². The van der Waals surface area contributed by atoms with Gasteiger partial charge in [0.1, 0.15) is 5.65 Å². The van der Waals surface area contributed by atoms with Gasteiger partial charge in [0.25, 0.3) is 0 Å². The van der Waals surface area contributed by atoms with Crippen LogP contribution < -0.4 is 4.48 Å². The van der Waals surface area contributed by atoms with E-state index in [-0.39, 0.29) is 0 Å². The van der Waals surface area contributed by atoms with Crippen LogP contribution in [0, 0.1) is 5.95 Å². The van der Waals surface area contributed by atoms with Crippen molar-refractivity contribution in [3.63, 3.8) is 0 Å². The molecule has 0 aliphatic heterocycles. The van der Waals surface area contributed by atoms with Crippen LogP contribution in [0.4, 0.5) is 10.2 Å². The second-order valence-corrected chi connectivity index (χ2v) is 6.66. The molecule has 24 heavy (non-hydrogen) atoms. The predicted octanol–water partition coefficient (Wildman–Crippen LogP) is 3.51. The second kappa shape index (κ2) is 5.07. The average molecular weight is 322 g/mol. The molecule has 5 nitrogen and oxygen atoms in total. The van der Waals surface area contributed by atoms with E-state index in [1.54, 1.807) is 18.5 Å². The van der Waals surface area contributed by atoms with Crippen LogP contribution in [0.5, 0.6) is 0 Å². The van der Waals surface area contributed by atoms with E-state index in [0.29, 0.717) is 27.2 Å². The van der Waals surface area contributed by atoms with E-state index in [2.05, 4.69) is 19.9 Å². The fraction of sp³-hybridized carbons (Fsp3) is 0.167. The molecule has 1 N–H and O–H groups in total. The molecule has 0 aliphatic carbocycles. The Hall–Kier alpha value is -2.86. The van der Waals surface area contributed by atoms with Gasteiger partial charge in [-0.2, -0.15) is 9.37 Å². The van der Waals surface area contributed by atoms with Crippen molar-refractivity contribution in [3.8, 4) is 11.3 Å². The number of quaternary nitrogens is 1. The molecule has 4 rings (SSSR count). The monoisotopic (exact) mass is 322 g/mol.